The highest BCUT2D eigenvalue weighted by molar-refractivity contribution is 8.13. The van der Waals surface area contributed by atoms with Gasteiger partial charge in [0.25, 0.3) is 0 Å². The molecule has 0 radical (unpaired) electrons. The van der Waals surface area contributed by atoms with Gasteiger partial charge in [-0.05, 0) is 18.1 Å². The summed E-state index contributed by atoms with van der Waals surface area (Å²) in [5.41, 5.74) is -0.00174. The highest BCUT2D eigenvalue weighted by Crippen LogP contribution is 2.24. The maximum atomic E-state index is 12.8. The van der Waals surface area contributed by atoms with Gasteiger partial charge in [-0.3, -0.25) is 0 Å². The lowest BCUT2D eigenvalue weighted by Gasteiger charge is -2.04. The van der Waals surface area contributed by atoms with Gasteiger partial charge in [0.15, 0.2) is 11.6 Å². The van der Waals surface area contributed by atoms with E-state index in [1.807, 2.05) is 0 Å². The zero-order valence-electron chi connectivity index (χ0n) is 7.37. The molecule has 1 aromatic rings. The molecule has 0 aliphatic rings. The third-order valence-electron chi connectivity index (χ3n) is 1.77. The maximum absolute atomic E-state index is 12.8. The van der Waals surface area contributed by atoms with Gasteiger partial charge in [0.05, 0.1) is 5.75 Å². The van der Waals surface area contributed by atoms with Crippen LogP contribution in [0.15, 0.2) is 12.1 Å². The number of aryl methyl sites for hydroxylation is 1. The van der Waals surface area contributed by atoms with E-state index in [9.17, 15) is 17.2 Å². The molecule has 0 aliphatic heterocycles. The second-order valence-corrected chi connectivity index (χ2v) is 5.76. The second kappa shape index (κ2) is 4.32. The third-order valence-corrected chi connectivity index (χ3v) is 2.92. The van der Waals surface area contributed by atoms with Crippen molar-refractivity contribution in [1.82, 2.24) is 0 Å². The number of hydrogen-bond acceptors (Lipinski definition) is 3. The van der Waals surface area contributed by atoms with Crippen molar-refractivity contribution in [3.05, 3.63) is 29.3 Å². The zero-order chi connectivity index (χ0) is 11.6. The summed E-state index contributed by atoms with van der Waals surface area (Å²) in [6.45, 7) is 0. The quantitative estimate of drug-likeness (QED) is 0.839. The van der Waals surface area contributed by atoms with E-state index in [4.69, 9.17) is 15.8 Å². The number of benzene rings is 1. The van der Waals surface area contributed by atoms with Gasteiger partial charge in [0.1, 0.15) is 0 Å². The summed E-state index contributed by atoms with van der Waals surface area (Å²) in [4.78, 5) is 0. The molecule has 0 aliphatic carbocycles. The van der Waals surface area contributed by atoms with E-state index in [2.05, 4.69) is 0 Å². The van der Waals surface area contributed by atoms with Crippen LogP contribution in [0, 0.1) is 11.6 Å². The molecule has 1 N–H and O–H groups in total. The molecule has 1 rings (SSSR count). The minimum atomic E-state index is -3.72. The lowest BCUT2D eigenvalue weighted by molar-refractivity contribution is 0.402. The normalized spacial score (nSPS) is 11.7. The Kier molecular flexibility index (Phi) is 3.51. The molecule has 0 amide bonds. The first-order valence-corrected chi connectivity index (χ1v) is 6.37. The Labute approximate surface area is 89.7 Å². The Morgan fingerprint density at radius 2 is 1.93 bits per heavy atom. The Balaban J connectivity index is 2.93. The average Bonchev–Trinajstić information content (AvgIpc) is 2.12. The predicted molar refractivity (Wildman–Crippen MR) is 51.4 cm³/mol. The topological polar surface area (TPSA) is 54.4 Å². The summed E-state index contributed by atoms with van der Waals surface area (Å²) in [5, 5.41) is 9.12. The zero-order valence-corrected chi connectivity index (χ0v) is 8.95. The lowest BCUT2D eigenvalue weighted by atomic mass is 10.1. The van der Waals surface area contributed by atoms with Crippen LogP contribution in [0.3, 0.4) is 0 Å². The SMILES string of the molecule is O=S(=O)(Cl)CCc1ccc(F)c(F)c1O. The molecule has 0 fully saturated rings. The number of phenols is 1. The Bertz CT molecular complexity index is 473. The Morgan fingerprint density at radius 3 is 2.47 bits per heavy atom. The fourth-order valence-electron chi connectivity index (χ4n) is 1.01. The number of aromatic hydroxyl groups is 1. The van der Waals surface area contributed by atoms with Gasteiger partial charge in [-0.2, -0.15) is 4.39 Å². The molecular weight excluding hydrogens is 250 g/mol. The van der Waals surface area contributed by atoms with Crippen molar-refractivity contribution in [2.24, 2.45) is 0 Å². The number of hydrogen-bond donors (Lipinski definition) is 1. The molecule has 7 heteroatoms. The van der Waals surface area contributed by atoms with E-state index < -0.39 is 32.2 Å². The Hall–Kier alpha value is -0.880. The van der Waals surface area contributed by atoms with Gasteiger partial charge in [-0.1, -0.05) is 6.07 Å². The number of phenolic OH excluding ortho intramolecular Hbond substituents is 1. The molecule has 84 valence electrons. The van der Waals surface area contributed by atoms with Gasteiger partial charge >= 0.3 is 0 Å². The lowest BCUT2D eigenvalue weighted by Crippen LogP contribution is -2.02. The van der Waals surface area contributed by atoms with Crippen LogP contribution in [0.5, 0.6) is 5.75 Å². The van der Waals surface area contributed by atoms with Crippen molar-refractivity contribution in [2.45, 2.75) is 6.42 Å². The van der Waals surface area contributed by atoms with Crippen molar-refractivity contribution in [1.29, 1.82) is 0 Å². The summed E-state index contributed by atoms with van der Waals surface area (Å²) in [7, 11) is 1.21. The third kappa shape index (κ3) is 3.32. The summed E-state index contributed by atoms with van der Waals surface area (Å²) in [6, 6.07) is 1.92. The van der Waals surface area contributed by atoms with Crippen LogP contribution in [0.2, 0.25) is 0 Å². The Morgan fingerprint density at radius 1 is 1.33 bits per heavy atom. The van der Waals surface area contributed by atoms with E-state index in [0.717, 1.165) is 12.1 Å². The van der Waals surface area contributed by atoms with Gasteiger partial charge in [0.2, 0.25) is 14.9 Å². The molecule has 0 aromatic heterocycles. The average molecular weight is 257 g/mol. The van der Waals surface area contributed by atoms with Crippen LogP contribution >= 0.6 is 10.7 Å². The predicted octanol–water partition coefficient (Wildman–Crippen LogP) is 1.78. The summed E-state index contributed by atoms with van der Waals surface area (Å²) in [5.74, 6) is -3.91. The molecule has 1 aromatic carbocycles. The van der Waals surface area contributed by atoms with E-state index in [1.165, 1.54) is 0 Å². The van der Waals surface area contributed by atoms with Gasteiger partial charge < -0.3 is 5.11 Å². The van der Waals surface area contributed by atoms with Crippen LogP contribution in [-0.2, 0) is 15.5 Å². The van der Waals surface area contributed by atoms with Crippen LogP contribution in [-0.4, -0.2) is 19.3 Å². The van der Waals surface area contributed by atoms with E-state index >= 15 is 0 Å². The first-order valence-electron chi connectivity index (χ1n) is 3.89. The second-order valence-electron chi connectivity index (χ2n) is 2.86. The number of halogens is 3. The molecular formula is C8H7ClF2O3S. The van der Waals surface area contributed by atoms with Crippen LogP contribution < -0.4 is 0 Å². The molecule has 0 heterocycles. The van der Waals surface area contributed by atoms with Crippen LogP contribution in [0.25, 0.3) is 0 Å². The molecule has 0 atom stereocenters. The highest BCUT2D eigenvalue weighted by Gasteiger charge is 2.14. The standard InChI is InChI=1S/C8H7ClF2O3S/c9-15(13,14)4-3-5-1-2-6(10)7(11)8(5)12/h1-2,12H,3-4H2. The van der Waals surface area contributed by atoms with Crippen molar-refractivity contribution in [3.63, 3.8) is 0 Å². The summed E-state index contributed by atoms with van der Waals surface area (Å²) in [6.07, 6.45) is -0.172. The van der Waals surface area contributed by atoms with Gasteiger partial charge in [-0.25, -0.2) is 12.8 Å². The fourth-order valence-corrected chi connectivity index (χ4v) is 1.71. The molecule has 0 saturated heterocycles. The molecule has 0 saturated carbocycles. The smallest absolute Gasteiger partial charge is 0.232 e. The van der Waals surface area contributed by atoms with Crippen molar-refractivity contribution >= 4 is 19.7 Å². The maximum Gasteiger partial charge on any atom is 0.232 e. The summed E-state index contributed by atoms with van der Waals surface area (Å²) < 4.78 is 46.5. The van der Waals surface area contributed by atoms with Crippen LogP contribution in [0.1, 0.15) is 5.56 Å². The fraction of sp³-hybridized carbons (Fsp3) is 0.250. The van der Waals surface area contributed by atoms with Crippen LogP contribution in [0.4, 0.5) is 8.78 Å². The minimum absolute atomic E-state index is 0.00174. The van der Waals surface area contributed by atoms with Gasteiger partial charge in [0, 0.05) is 10.7 Å². The van der Waals surface area contributed by atoms with E-state index in [-0.39, 0.29) is 12.0 Å². The van der Waals surface area contributed by atoms with Crippen molar-refractivity contribution < 1.29 is 22.3 Å². The van der Waals surface area contributed by atoms with Crippen molar-refractivity contribution in [3.8, 4) is 5.75 Å². The van der Waals surface area contributed by atoms with E-state index in [1.54, 1.807) is 0 Å². The molecule has 15 heavy (non-hydrogen) atoms. The first-order chi connectivity index (χ1) is 6.81. The minimum Gasteiger partial charge on any atom is -0.505 e. The van der Waals surface area contributed by atoms with Gasteiger partial charge in [-0.15, -0.1) is 0 Å². The molecule has 0 unspecified atom stereocenters. The highest BCUT2D eigenvalue weighted by atomic mass is 35.7. The largest absolute Gasteiger partial charge is 0.505 e. The molecule has 0 spiro atoms. The first kappa shape index (κ1) is 12.2. The molecule has 0 bridgehead atoms. The molecule has 3 nitrogen and oxygen atoms in total. The van der Waals surface area contributed by atoms with Crippen molar-refractivity contribution in [2.75, 3.05) is 5.75 Å². The van der Waals surface area contributed by atoms with E-state index in [0.29, 0.717) is 0 Å². The summed E-state index contributed by atoms with van der Waals surface area (Å²) >= 11 is 0. The monoisotopic (exact) mass is 256 g/mol. The number of rotatable bonds is 3.